The zero-order chi connectivity index (χ0) is 37.7. The van der Waals surface area contributed by atoms with E-state index in [4.69, 9.17) is 18.9 Å². The highest BCUT2D eigenvalue weighted by Gasteiger charge is 2.23. The van der Waals surface area contributed by atoms with Gasteiger partial charge in [0.15, 0.2) is 0 Å². The molecule has 14 heteroatoms. The van der Waals surface area contributed by atoms with Gasteiger partial charge in [-0.25, -0.2) is 29.2 Å². The van der Waals surface area contributed by atoms with Gasteiger partial charge in [-0.05, 0) is 118 Å². The highest BCUT2D eigenvalue weighted by atomic mass is 16.6. The van der Waals surface area contributed by atoms with Gasteiger partial charge < -0.3 is 18.9 Å². The molecule has 0 aromatic heterocycles. The van der Waals surface area contributed by atoms with Crippen LogP contribution in [0.1, 0.15) is 83.1 Å². The molecule has 50 heavy (non-hydrogen) atoms. The average Bonchev–Trinajstić information content (AvgIpc) is 2.88. The van der Waals surface area contributed by atoms with Gasteiger partial charge in [-0.15, -0.1) is 0 Å². The van der Waals surface area contributed by atoms with Gasteiger partial charge in [0.2, 0.25) is 11.9 Å². The molecular weight excluding hydrogens is 644 g/mol. The van der Waals surface area contributed by atoms with Crippen molar-refractivity contribution >= 4 is 69.2 Å². The Morgan fingerprint density at radius 2 is 0.740 bits per heavy atom. The fourth-order valence-electron chi connectivity index (χ4n) is 4.23. The number of guanidine groups is 2. The van der Waals surface area contributed by atoms with Crippen LogP contribution in [0.15, 0.2) is 58.5 Å². The first kappa shape index (κ1) is 39.0. The molecule has 4 N–H and O–H groups in total. The van der Waals surface area contributed by atoms with Crippen LogP contribution in [0.2, 0.25) is 0 Å². The first-order valence-corrected chi connectivity index (χ1v) is 16.0. The fraction of sp³-hybridized carbons (Fsp3) is 0.444. The second kappa shape index (κ2) is 15.0. The van der Waals surface area contributed by atoms with Gasteiger partial charge in [0.1, 0.15) is 22.4 Å². The Morgan fingerprint density at radius 3 is 1.00 bits per heavy atom. The third-order valence-electron chi connectivity index (χ3n) is 5.78. The molecule has 0 saturated carbocycles. The highest BCUT2D eigenvalue weighted by molar-refractivity contribution is 6.10. The summed E-state index contributed by atoms with van der Waals surface area (Å²) in [5.74, 6) is -0.448. The molecule has 0 fully saturated rings. The van der Waals surface area contributed by atoms with Crippen LogP contribution in [0, 0.1) is 0 Å². The molecule has 0 bridgehead atoms. The number of ether oxygens (including phenoxy) is 4. The van der Waals surface area contributed by atoms with Crippen LogP contribution in [0.5, 0.6) is 0 Å². The first-order valence-electron chi connectivity index (χ1n) is 16.0. The van der Waals surface area contributed by atoms with Crippen LogP contribution >= 0.6 is 0 Å². The summed E-state index contributed by atoms with van der Waals surface area (Å²) >= 11 is 0. The smallest absolute Gasteiger partial charge is 0.414 e. The van der Waals surface area contributed by atoms with E-state index in [1.807, 2.05) is 24.3 Å². The second-order valence-electron chi connectivity index (χ2n) is 15.3. The summed E-state index contributed by atoms with van der Waals surface area (Å²) in [4.78, 5) is 60.0. The molecule has 0 saturated heterocycles. The highest BCUT2D eigenvalue weighted by Crippen LogP contribution is 2.34. The van der Waals surface area contributed by atoms with E-state index in [0.717, 1.165) is 10.8 Å². The maximum Gasteiger partial charge on any atom is 0.414 e. The monoisotopic (exact) mass is 692 g/mol. The minimum atomic E-state index is -0.836. The SMILES string of the molecule is CC(C)(C)OC(=O)NC(=Nc1cccc2cc3cccc(N=C(NC(=O)OC(C)(C)C)NC(=O)OC(C)(C)C)c3cc12)NC(=O)OC(C)(C)C. The van der Waals surface area contributed by atoms with Gasteiger partial charge in [-0.2, -0.15) is 0 Å². The summed E-state index contributed by atoms with van der Waals surface area (Å²) in [7, 11) is 0. The predicted octanol–water partition coefficient (Wildman–Crippen LogP) is 8.07. The largest absolute Gasteiger partial charge is 0.444 e. The number of fused-ring (bicyclic) bond motifs is 2. The summed E-state index contributed by atoms with van der Waals surface area (Å²) in [5, 5.41) is 12.8. The van der Waals surface area contributed by atoms with E-state index in [0.29, 0.717) is 22.1 Å². The lowest BCUT2D eigenvalue weighted by atomic mass is 10.0. The Kier molecular flexibility index (Phi) is 11.7. The zero-order valence-electron chi connectivity index (χ0n) is 30.8. The normalized spacial score (nSPS) is 11.9. The number of hydrogen-bond donors (Lipinski definition) is 4. The summed E-state index contributed by atoms with van der Waals surface area (Å²) in [6.07, 6.45) is -3.34. The summed E-state index contributed by atoms with van der Waals surface area (Å²) in [6, 6.07) is 14.5. The molecule has 0 aliphatic rings. The number of nitrogens with one attached hydrogen (secondary N) is 4. The maximum absolute atomic E-state index is 12.7. The third kappa shape index (κ3) is 13.2. The Labute approximate surface area is 292 Å². The number of hydrogen-bond acceptors (Lipinski definition) is 10. The van der Waals surface area contributed by atoms with Gasteiger partial charge in [-0.3, -0.25) is 21.3 Å². The van der Waals surface area contributed by atoms with E-state index >= 15 is 0 Å². The molecule has 0 aliphatic heterocycles. The van der Waals surface area contributed by atoms with Crippen molar-refractivity contribution in [1.29, 1.82) is 0 Å². The van der Waals surface area contributed by atoms with E-state index in [1.54, 1.807) is 107 Å². The number of amides is 4. The van der Waals surface area contributed by atoms with Gasteiger partial charge in [0.05, 0.1) is 11.4 Å². The minimum absolute atomic E-state index is 0.224. The zero-order valence-corrected chi connectivity index (χ0v) is 30.8. The van der Waals surface area contributed by atoms with E-state index in [2.05, 4.69) is 31.3 Å². The first-order chi connectivity index (χ1) is 22.9. The van der Waals surface area contributed by atoms with E-state index in [-0.39, 0.29) is 11.9 Å². The Morgan fingerprint density at radius 1 is 0.460 bits per heavy atom. The Hall–Kier alpha value is -5.40. The molecule has 3 aromatic rings. The molecule has 0 unspecified atom stereocenters. The van der Waals surface area contributed by atoms with E-state index in [1.165, 1.54) is 0 Å². The fourth-order valence-corrected chi connectivity index (χ4v) is 4.23. The van der Waals surface area contributed by atoms with E-state index in [9.17, 15) is 19.2 Å². The van der Waals surface area contributed by atoms with E-state index < -0.39 is 46.8 Å². The number of carbonyl (C=O) groups excluding carboxylic acids is 4. The third-order valence-corrected chi connectivity index (χ3v) is 5.78. The van der Waals surface area contributed by atoms with Crippen LogP contribution in [-0.4, -0.2) is 58.7 Å². The molecule has 3 rings (SSSR count). The molecule has 270 valence electrons. The molecule has 0 radical (unpaired) electrons. The van der Waals surface area contributed by atoms with Crippen molar-refractivity contribution in [2.24, 2.45) is 9.98 Å². The van der Waals surface area contributed by atoms with Gasteiger partial charge in [-0.1, -0.05) is 24.3 Å². The summed E-state index contributed by atoms with van der Waals surface area (Å²) < 4.78 is 21.5. The number of alkyl carbamates (subject to hydrolysis) is 4. The van der Waals surface area contributed by atoms with Crippen molar-refractivity contribution in [3.63, 3.8) is 0 Å². The Bertz CT molecular complexity index is 1630. The van der Waals surface area contributed by atoms with Crippen molar-refractivity contribution in [3.8, 4) is 0 Å². The standard InChI is InChI=1S/C36H48N6O8/c1-33(2,3)47-29(43)39-27(40-30(44)48-34(4,5)6)37-25-17-13-15-21-19-22-16-14-18-26(24(22)20-23(21)25)38-28(41-31(45)49-35(7,8)9)42-32(46)50-36(10,11)12/h13-20H,1-12H3,(H2,37,39,40,43,44)(H2,38,41,42,45,46). The van der Waals surface area contributed by atoms with Gasteiger partial charge >= 0.3 is 24.4 Å². The molecule has 0 heterocycles. The topological polar surface area (TPSA) is 178 Å². The molecule has 4 amide bonds. The van der Waals surface area contributed by atoms with Crippen molar-refractivity contribution in [1.82, 2.24) is 21.3 Å². The molecule has 0 aliphatic carbocycles. The maximum atomic E-state index is 12.7. The van der Waals surface area contributed by atoms with Crippen LogP contribution < -0.4 is 21.3 Å². The Balaban J connectivity index is 2.17. The lowest BCUT2D eigenvalue weighted by Crippen LogP contribution is -2.47. The molecular formula is C36H48N6O8. The lowest BCUT2D eigenvalue weighted by Gasteiger charge is -2.22. The summed E-state index contributed by atoms with van der Waals surface area (Å²) in [5.41, 5.74) is -2.50. The van der Waals surface area contributed by atoms with Gasteiger partial charge in [0, 0.05) is 10.8 Å². The molecule has 3 aromatic carbocycles. The van der Waals surface area contributed by atoms with Crippen LogP contribution in [0.3, 0.4) is 0 Å². The number of benzene rings is 3. The van der Waals surface area contributed by atoms with Gasteiger partial charge in [0.25, 0.3) is 0 Å². The second-order valence-corrected chi connectivity index (χ2v) is 15.3. The quantitative estimate of drug-likeness (QED) is 0.0901. The van der Waals surface area contributed by atoms with Crippen molar-refractivity contribution in [2.75, 3.05) is 0 Å². The predicted molar refractivity (Wildman–Crippen MR) is 193 cm³/mol. The molecule has 0 spiro atoms. The van der Waals surface area contributed by atoms with Crippen molar-refractivity contribution < 1.29 is 38.1 Å². The lowest BCUT2D eigenvalue weighted by molar-refractivity contribution is 0.0521. The molecule has 14 nitrogen and oxygen atoms in total. The summed E-state index contributed by atoms with van der Waals surface area (Å²) in [6.45, 7) is 20.5. The van der Waals surface area contributed by atoms with Crippen molar-refractivity contribution in [2.45, 2.75) is 105 Å². The van der Waals surface area contributed by atoms with Crippen LogP contribution in [-0.2, 0) is 18.9 Å². The molecule has 0 atom stereocenters. The number of carbonyl (C=O) groups is 4. The van der Waals surface area contributed by atoms with Crippen LogP contribution in [0.25, 0.3) is 21.5 Å². The number of aliphatic imine (C=N–C) groups is 2. The van der Waals surface area contributed by atoms with Crippen LogP contribution in [0.4, 0.5) is 30.6 Å². The van der Waals surface area contributed by atoms with Crippen molar-refractivity contribution in [3.05, 3.63) is 48.5 Å². The average molecular weight is 693 g/mol. The number of rotatable bonds is 2. The minimum Gasteiger partial charge on any atom is -0.444 e. The number of nitrogens with zero attached hydrogens (tertiary/aromatic N) is 2.